The summed E-state index contributed by atoms with van der Waals surface area (Å²) in [5, 5.41) is 9.51. The highest BCUT2D eigenvalue weighted by molar-refractivity contribution is 7.80. The van der Waals surface area contributed by atoms with Gasteiger partial charge in [0.1, 0.15) is 6.10 Å². The predicted octanol–water partition coefficient (Wildman–Crippen LogP) is 1.51. The summed E-state index contributed by atoms with van der Waals surface area (Å²) in [6.07, 6.45) is 1.06. The van der Waals surface area contributed by atoms with Crippen LogP contribution < -0.4 is 0 Å². The molecule has 0 saturated heterocycles. The summed E-state index contributed by atoms with van der Waals surface area (Å²) >= 11 is 4.77. The van der Waals surface area contributed by atoms with E-state index in [0.29, 0.717) is 18.1 Å². The van der Waals surface area contributed by atoms with Crippen molar-refractivity contribution in [3.05, 3.63) is 0 Å². The van der Waals surface area contributed by atoms with Crippen LogP contribution in [0, 0.1) is 0 Å². The Balaban J connectivity index is 3.49. The van der Waals surface area contributed by atoms with Crippen LogP contribution >= 0.6 is 12.2 Å². The van der Waals surface area contributed by atoms with Crippen LogP contribution in [0.5, 0.6) is 0 Å². The summed E-state index contributed by atoms with van der Waals surface area (Å²) in [5.41, 5.74) is 0. The van der Waals surface area contributed by atoms with Crippen LogP contribution in [0.4, 0.5) is 0 Å². The van der Waals surface area contributed by atoms with Crippen molar-refractivity contribution in [2.45, 2.75) is 32.8 Å². The number of rotatable bonds is 4. The van der Waals surface area contributed by atoms with Crippen LogP contribution in [0.3, 0.4) is 0 Å². The van der Waals surface area contributed by atoms with Crippen molar-refractivity contribution in [1.82, 2.24) is 0 Å². The van der Waals surface area contributed by atoms with Gasteiger partial charge in [0.15, 0.2) is 5.05 Å². The Morgan fingerprint density at radius 3 is 2.60 bits per heavy atom. The lowest BCUT2D eigenvalue weighted by atomic mass is 10.2. The SMILES string of the molecule is CCCC(O)C(=S)OCC. The number of aliphatic hydroxyl groups is 1. The minimum absolute atomic E-state index is 0.323. The predicted molar refractivity (Wildman–Crippen MR) is 45.1 cm³/mol. The Hall–Kier alpha value is -0.150. The maximum atomic E-state index is 9.18. The molecule has 60 valence electrons. The highest BCUT2D eigenvalue weighted by Crippen LogP contribution is 1.99. The van der Waals surface area contributed by atoms with Gasteiger partial charge in [0.2, 0.25) is 0 Å². The van der Waals surface area contributed by atoms with Gasteiger partial charge in [0.25, 0.3) is 0 Å². The number of ether oxygens (including phenoxy) is 1. The fraction of sp³-hybridized carbons (Fsp3) is 0.857. The quantitative estimate of drug-likeness (QED) is 0.635. The molecule has 0 aromatic heterocycles. The molecule has 1 atom stereocenters. The van der Waals surface area contributed by atoms with E-state index in [0.717, 1.165) is 6.42 Å². The van der Waals surface area contributed by atoms with Gasteiger partial charge in [-0.15, -0.1) is 0 Å². The van der Waals surface area contributed by atoms with Crippen molar-refractivity contribution >= 4 is 17.3 Å². The first-order valence-corrected chi connectivity index (χ1v) is 3.97. The molecule has 0 rings (SSSR count). The molecule has 0 aliphatic rings. The van der Waals surface area contributed by atoms with Crippen LogP contribution in [-0.4, -0.2) is 22.9 Å². The maximum Gasteiger partial charge on any atom is 0.188 e. The highest BCUT2D eigenvalue weighted by Gasteiger charge is 2.08. The molecule has 0 radical (unpaired) electrons. The van der Waals surface area contributed by atoms with E-state index in [1.165, 1.54) is 0 Å². The first kappa shape index (κ1) is 9.85. The van der Waals surface area contributed by atoms with Crippen molar-refractivity contribution in [2.24, 2.45) is 0 Å². The molecule has 0 aliphatic heterocycles. The molecule has 1 unspecified atom stereocenters. The Morgan fingerprint density at radius 2 is 2.20 bits per heavy atom. The van der Waals surface area contributed by atoms with E-state index in [1.54, 1.807) is 0 Å². The monoisotopic (exact) mass is 162 g/mol. The zero-order valence-electron chi connectivity index (χ0n) is 6.46. The summed E-state index contributed by atoms with van der Waals surface area (Å²) in [4.78, 5) is 0. The molecule has 0 spiro atoms. The lowest BCUT2D eigenvalue weighted by Gasteiger charge is -2.10. The smallest absolute Gasteiger partial charge is 0.188 e. The molecule has 0 aliphatic carbocycles. The maximum absolute atomic E-state index is 9.18. The zero-order chi connectivity index (χ0) is 7.98. The van der Waals surface area contributed by atoms with E-state index in [-0.39, 0.29) is 0 Å². The molecule has 0 amide bonds. The van der Waals surface area contributed by atoms with E-state index >= 15 is 0 Å². The molecular formula is C7H14O2S. The molecule has 0 aromatic rings. The molecule has 0 fully saturated rings. The second kappa shape index (κ2) is 5.62. The summed E-state index contributed by atoms with van der Waals surface area (Å²) in [6.45, 7) is 4.39. The zero-order valence-corrected chi connectivity index (χ0v) is 7.28. The first-order valence-electron chi connectivity index (χ1n) is 3.57. The number of thiocarbonyl (C=S) groups is 1. The summed E-state index contributed by atoms with van der Waals surface area (Å²) in [5.74, 6) is 0. The molecule has 0 saturated carbocycles. The van der Waals surface area contributed by atoms with Crippen molar-refractivity contribution < 1.29 is 9.84 Å². The van der Waals surface area contributed by atoms with Gasteiger partial charge >= 0.3 is 0 Å². The lowest BCUT2D eigenvalue weighted by Crippen LogP contribution is -2.20. The van der Waals surface area contributed by atoms with Gasteiger partial charge in [-0.2, -0.15) is 0 Å². The van der Waals surface area contributed by atoms with Crippen molar-refractivity contribution in [2.75, 3.05) is 6.61 Å². The normalized spacial score (nSPS) is 12.7. The molecule has 3 heteroatoms. The molecule has 0 aromatic carbocycles. The highest BCUT2D eigenvalue weighted by atomic mass is 32.1. The first-order chi connectivity index (χ1) is 4.72. The molecule has 1 N–H and O–H groups in total. The van der Waals surface area contributed by atoms with Gasteiger partial charge in [-0.3, -0.25) is 0 Å². The van der Waals surface area contributed by atoms with Crippen LogP contribution in [0.1, 0.15) is 26.7 Å². The molecule has 10 heavy (non-hydrogen) atoms. The number of hydrogen-bond donors (Lipinski definition) is 1. The standard InChI is InChI=1S/C7H14O2S/c1-3-5-6(8)7(10)9-4-2/h6,8H,3-5H2,1-2H3. The van der Waals surface area contributed by atoms with Crippen molar-refractivity contribution in [1.29, 1.82) is 0 Å². The van der Waals surface area contributed by atoms with E-state index in [9.17, 15) is 5.11 Å². The third-order valence-corrected chi connectivity index (χ3v) is 1.51. The topological polar surface area (TPSA) is 29.5 Å². The van der Waals surface area contributed by atoms with Crippen molar-refractivity contribution in [3.63, 3.8) is 0 Å². The van der Waals surface area contributed by atoms with E-state index in [4.69, 9.17) is 17.0 Å². The molecular weight excluding hydrogens is 148 g/mol. The Morgan fingerprint density at radius 1 is 1.60 bits per heavy atom. The third-order valence-electron chi connectivity index (χ3n) is 1.12. The largest absolute Gasteiger partial charge is 0.485 e. The summed E-state index contributed by atoms with van der Waals surface area (Å²) in [7, 11) is 0. The molecule has 0 heterocycles. The van der Waals surface area contributed by atoms with Crippen LogP contribution in [0.15, 0.2) is 0 Å². The lowest BCUT2D eigenvalue weighted by molar-refractivity contribution is 0.188. The number of hydrogen-bond acceptors (Lipinski definition) is 3. The van der Waals surface area contributed by atoms with E-state index < -0.39 is 6.10 Å². The Labute approximate surface area is 67.2 Å². The fourth-order valence-corrected chi connectivity index (χ4v) is 0.865. The molecule has 2 nitrogen and oxygen atoms in total. The Bertz CT molecular complexity index is 104. The summed E-state index contributed by atoms with van der Waals surface area (Å²) in [6, 6.07) is 0. The van der Waals surface area contributed by atoms with Crippen LogP contribution in [0.25, 0.3) is 0 Å². The van der Waals surface area contributed by atoms with E-state index in [1.807, 2.05) is 13.8 Å². The van der Waals surface area contributed by atoms with Gasteiger partial charge in [0.05, 0.1) is 6.61 Å². The van der Waals surface area contributed by atoms with Gasteiger partial charge in [-0.1, -0.05) is 13.3 Å². The third kappa shape index (κ3) is 3.80. The van der Waals surface area contributed by atoms with Crippen molar-refractivity contribution in [3.8, 4) is 0 Å². The summed E-state index contributed by atoms with van der Waals surface area (Å²) < 4.78 is 4.94. The average molecular weight is 162 g/mol. The van der Waals surface area contributed by atoms with Gasteiger partial charge in [-0.25, -0.2) is 0 Å². The Kier molecular flexibility index (Phi) is 5.54. The second-order valence-electron chi connectivity index (χ2n) is 2.06. The minimum atomic E-state index is -0.556. The van der Waals surface area contributed by atoms with Gasteiger partial charge < -0.3 is 9.84 Å². The van der Waals surface area contributed by atoms with Gasteiger partial charge in [0, 0.05) is 0 Å². The minimum Gasteiger partial charge on any atom is -0.485 e. The van der Waals surface area contributed by atoms with Gasteiger partial charge in [-0.05, 0) is 25.6 Å². The van der Waals surface area contributed by atoms with E-state index in [2.05, 4.69) is 0 Å². The average Bonchev–Trinajstić information content (AvgIpc) is 1.89. The second-order valence-corrected chi connectivity index (χ2v) is 2.46. The van der Waals surface area contributed by atoms with Crippen LogP contribution in [-0.2, 0) is 4.74 Å². The number of aliphatic hydroxyl groups excluding tert-OH is 1. The van der Waals surface area contributed by atoms with Crippen LogP contribution in [0.2, 0.25) is 0 Å². The molecule has 0 bridgehead atoms. The fourth-order valence-electron chi connectivity index (χ4n) is 0.630.